The normalized spacial score (nSPS) is 28.1. The first-order valence-corrected chi connectivity index (χ1v) is 8.18. The van der Waals surface area contributed by atoms with Crippen LogP contribution in [0, 0.1) is 5.92 Å². The number of thioether (sulfide) groups is 1. The highest BCUT2D eigenvalue weighted by Crippen LogP contribution is 2.34. The van der Waals surface area contributed by atoms with Crippen LogP contribution in [-0.2, 0) is 4.79 Å². The summed E-state index contributed by atoms with van der Waals surface area (Å²) in [4.78, 5) is 13.4. The fraction of sp³-hybridized carbons (Fsp3) is 0.929. The zero-order valence-electron chi connectivity index (χ0n) is 12.2. The molecule has 1 saturated carbocycles. The molecule has 3 nitrogen and oxygen atoms in total. The van der Waals surface area contributed by atoms with Crippen LogP contribution in [0.15, 0.2) is 0 Å². The van der Waals surface area contributed by atoms with Gasteiger partial charge in [0.05, 0.1) is 5.75 Å². The Kier molecular flexibility index (Phi) is 7.08. The molecule has 0 aromatic rings. The van der Waals surface area contributed by atoms with Crippen LogP contribution in [0.4, 0.5) is 0 Å². The van der Waals surface area contributed by atoms with E-state index in [0.717, 1.165) is 12.5 Å². The summed E-state index contributed by atoms with van der Waals surface area (Å²) in [5.74, 6) is 1.71. The van der Waals surface area contributed by atoms with Crippen molar-refractivity contribution in [3.8, 4) is 0 Å². The Hall–Kier alpha value is -0.220. The highest BCUT2D eigenvalue weighted by atomic mass is 32.2. The molecule has 0 bridgehead atoms. The van der Waals surface area contributed by atoms with E-state index in [4.69, 9.17) is 0 Å². The van der Waals surface area contributed by atoms with Gasteiger partial charge in [0.1, 0.15) is 0 Å². The second-order valence-corrected chi connectivity index (χ2v) is 6.62. The average molecular weight is 272 g/mol. The molecule has 0 aromatic carbocycles. The van der Waals surface area contributed by atoms with E-state index in [1.54, 1.807) is 4.90 Å². The molecule has 3 atom stereocenters. The van der Waals surface area contributed by atoms with Crippen LogP contribution in [-0.4, -0.2) is 48.5 Å². The Morgan fingerprint density at radius 2 is 2.06 bits per heavy atom. The topological polar surface area (TPSA) is 32.3 Å². The first-order chi connectivity index (χ1) is 8.58. The summed E-state index contributed by atoms with van der Waals surface area (Å²) >= 11 is 1.85. The standard InChI is InChI=1S/C14H28N2OS/c1-5-11-7-8-12(15-6-2)13(9-11)18-10-14(17)16(3)4/h11-13,15H,5-10H2,1-4H3. The van der Waals surface area contributed by atoms with Gasteiger partial charge in [-0.15, -0.1) is 11.8 Å². The number of hydrogen-bond donors (Lipinski definition) is 1. The van der Waals surface area contributed by atoms with Gasteiger partial charge in [0.25, 0.3) is 0 Å². The number of nitrogens with zero attached hydrogens (tertiary/aromatic N) is 1. The van der Waals surface area contributed by atoms with Gasteiger partial charge < -0.3 is 10.2 Å². The molecule has 1 N–H and O–H groups in total. The summed E-state index contributed by atoms with van der Waals surface area (Å²) in [6.07, 6.45) is 5.14. The van der Waals surface area contributed by atoms with E-state index >= 15 is 0 Å². The Morgan fingerprint density at radius 1 is 1.33 bits per heavy atom. The van der Waals surface area contributed by atoms with Gasteiger partial charge in [-0.25, -0.2) is 0 Å². The quantitative estimate of drug-likeness (QED) is 0.805. The van der Waals surface area contributed by atoms with Crippen molar-refractivity contribution in [3.05, 3.63) is 0 Å². The highest BCUT2D eigenvalue weighted by molar-refractivity contribution is 8.00. The molecule has 4 heteroatoms. The average Bonchev–Trinajstić information content (AvgIpc) is 2.37. The maximum Gasteiger partial charge on any atom is 0.232 e. The molecule has 0 radical (unpaired) electrons. The lowest BCUT2D eigenvalue weighted by Gasteiger charge is -2.36. The molecule has 0 aromatic heterocycles. The van der Waals surface area contributed by atoms with Gasteiger partial charge in [-0.2, -0.15) is 0 Å². The van der Waals surface area contributed by atoms with Gasteiger partial charge in [0, 0.05) is 25.4 Å². The summed E-state index contributed by atoms with van der Waals surface area (Å²) in [6.45, 7) is 5.48. The largest absolute Gasteiger partial charge is 0.348 e. The van der Waals surface area contributed by atoms with Gasteiger partial charge in [0.15, 0.2) is 0 Å². The van der Waals surface area contributed by atoms with E-state index in [1.165, 1.54) is 25.7 Å². The first-order valence-electron chi connectivity index (χ1n) is 7.13. The number of carbonyl (C=O) groups is 1. The maximum atomic E-state index is 11.7. The highest BCUT2D eigenvalue weighted by Gasteiger charge is 2.30. The monoisotopic (exact) mass is 272 g/mol. The van der Waals surface area contributed by atoms with Crippen molar-refractivity contribution in [1.82, 2.24) is 10.2 Å². The van der Waals surface area contributed by atoms with Crippen LogP contribution >= 0.6 is 11.8 Å². The minimum Gasteiger partial charge on any atom is -0.348 e. The smallest absolute Gasteiger partial charge is 0.232 e. The van der Waals surface area contributed by atoms with E-state index in [0.29, 0.717) is 17.0 Å². The molecule has 106 valence electrons. The lowest BCUT2D eigenvalue weighted by molar-refractivity contribution is -0.125. The summed E-state index contributed by atoms with van der Waals surface area (Å²) < 4.78 is 0. The second-order valence-electron chi connectivity index (χ2n) is 5.39. The number of hydrogen-bond acceptors (Lipinski definition) is 3. The van der Waals surface area contributed by atoms with E-state index in [9.17, 15) is 4.79 Å². The molecule has 1 amide bonds. The van der Waals surface area contributed by atoms with Crippen molar-refractivity contribution in [1.29, 1.82) is 0 Å². The molecule has 0 saturated heterocycles. The summed E-state index contributed by atoms with van der Waals surface area (Å²) in [7, 11) is 3.67. The van der Waals surface area contributed by atoms with E-state index < -0.39 is 0 Å². The molecule has 1 aliphatic rings. The third-order valence-electron chi connectivity index (χ3n) is 3.86. The zero-order chi connectivity index (χ0) is 13.5. The predicted octanol–water partition coefficient (Wildman–Crippen LogP) is 2.36. The number of amides is 1. The lowest BCUT2D eigenvalue weighted by Crippen LogP contribution is -2.43. The fourth-order valence-corrected chi connectivity index (χ4v) is 4.06. The molecular weight excluding hydrogens is 244 g/mol. The second kappa shape index (κ2) is 8.05. The predicted molar refractivity (Wildman–Crippen MR) is 80.0 cm³/mol. The molecule has 1 rings (SSSR count). The van der Waals surface area contributed by atoms with Crippen molar-refractivity contribution >= 4 is 17.7 Å². The van der Waals surface area contributed by atoms with Gasteiger partial charge in [-0.05, 0) is 31.7 Å². The van der Waals surface area contributed by atoms with Crippen molar-refractivity contribution in [2.45, 2.75) is 50.8 Å². The van der Waals surface area contributed by atoms with Gasteiger partial charge in [-0.1, -0.05) is 20.3 Å². The SMILES string of the molecule is CCNC1CCC(CC)CC1SCC(=O)N(C)C. The number of rotatable bonds is 6. The van der Waals surface area contributed by atoms with Crippen molar-refractivity contribution < 1.29 is 4.79 Å². The van der Waals surface area contributed by atoms with E-state index in [-0.39, 0.29) is 5.91 Å². The molecular formula is C14H28N2OS. The summed E-state index contributed by atoms with van der Waals surface area (Å²) in [6, 6.07) is 0.595. The molecule has 0 aliphatic heterocycles. The van der Waals surface area contributed by atoms with Gasteiger partial charge in [-0.3, -0.25) is 4.79 Å². The molecule has 3 unspecified atom stereocenters. The van der Waals surface area contributed by atoms with Crippen LogP contribution in [0.3, 0.4) is 0 Å². The van der Waals surface area contributed by atoms with Gasteiger partial charge in [0.2, 0.25) is 5.91 Å². The van der Waals surface area contributed by atoms with Crippen LogP contribution < -0.4 is 5.32 Å². The van der Waals surface area contributed by atoms with Crippen LogP contribution in [0.5, 0.6) is 0 Å². The Balaban J connectivity index is 2.47. The van der Waals surface area contributed by atoms with E-state index in [2.05, 4.69) is 19.2 Å². The van der Waals surface area contributed by atoms with Crippen molar-refractivity contribution in [2.24, 2.45) is 5.92 Å². The minimum atomic E-state index is 0.230. The van der Waals surface area contributed by atoms with Gasteiger partial charge >= 0.3 is 0 Å². The summed E-state index contributed by atoms with van der Waals surface area (Å²) in [5, 5.41) is 4.19. The van der Waals surface area contributed by atoms with E-state index in [1.807, 2.05) is 25.9 Å². The van der Waals surface area contributed by atoms with Crippen LogP contribution in [0.1, 0.15) is 39.5 Å². The fourth-order valence-electron chi connectivity index (χ4n) is 2.57. The minimum absolute atomic E-state index is 0.230. The molecule has 1 aliphatic carbocycles. The number of carbonyl (C=O) groups excluding carboxylic acids is 1. The molecule has 18 heavy (non-hydrogen) atoms. The zero-order valence-corrected chi connectivity index (χ0v) is 13.1. The lowest BCUT2D eigenvalue weighted by atomic mass is 9.84. The van der Waals surface area contributed by atoms with Crippen molar-refractivity contribution in [3.63, 3.8) is 0 Å². The Bertz CT molecular complexity index is 258. The van der Waals surface area contributed by atoms with Crippen molar-refractivity contribution in [2.75, 3.05) is 26.4 Å². The third-order valence-corrected chi connectivity index (χ3v) is 5.23. The Labute approximate surface area is 116 Å². The van der Waals surface area contributed by atoms with Crippen LogP contribution in [0.2, 0.25) is 0 Å². The summed E-state index contributed by atoms with van der Waals surface area (Å²) in [5.41, 5.74) is 0. The molecule has 0 heterocycles. The molecule has 0 spiro atoms. The first kappa shape index (κ1) is 15.8. The third kappa shape index (κ3) is 4.81. The molecule has 1 fully saturated rings. The Morgan fingerprint density at radius 3 is 2.61 bits per heavy atom. The maximum absolute atomic E-state index is 11.7. The van der Waals surface area contributed by atoms with Crippen LogP contribution in [0.25, 0.3) is 0 Å². The number of nitrogens with one attached hydrogen (secondary N) is 1.